The Morgan fingerprint density at radius 3 is 2.75 bits per heavy atom. The van der Waals surface area contributed by atoms with Gasteiger partial charge in [-0.3, -0.25) is 4.79 Å². The van der Waals surface area contributed by atoms with Crippen LogP contribution in [-0.4, -0.2) is 17.6 Å². The summed E-state index contributed by atoms with van der Waals surface area (Å²) in [5, 5.41) is 9.19. The van der Waals surface area contributed by atoms with Crippen molar-refractivity contribution < 1.29 is 14.3 Å². The van der Waals surface area contributed by atoms with E-state index in [1.807, 2.05) is 0 Å². The quantitative estimate of drug-likeness (QED) is 0.894. The second-order valence-corrected chi connectivity index (χ2v) is 4.63. The van der Waals surface area contributed by atoms with Gasteiger partial charge in [0.2, 0.25) is 0 Å². The first kappa shape index (κ1) is 13.1. The van der Waals surface area contributed by atoms with Crippen molar-refractivity contribution in [3.05, 3.63) is 34.1 Å². The van der Waals surface area contributed by atoms with Crippen LogP contribution in [-0.2, 0) is 10.2 Å². The fraction of sp³-hybridized carbons (Fsp3) is 0.364. The van der Waals surface area contributed by atoms with Gasteiger partial charge in [-0.2, -0.15) is 0 Å². The van der Waals surface area contributed by atoms with Crippen LogP contribution >= 0.6 is 15.9 Å². The maximum absolute atomic E-state index is 13.8. The maximum atomic E-state index is 13.8. The van der Waals surface area contributed by atoms with E-state index >= 15 is 0 Å². The third-order valence-electron chi connectivity index (χ3n) is 2.66. The van der Waals surface area contributed by atoms with Crippen molar-refractivity contribution >= 4 is 21.9 Å². The topological polar surface area (TPSA) is 63.3 Å². The van der Waals surface area contributed by atoms with Gasteiger partial charge < -0.3 is 10.8 Å². The van der Waals surface area contributed by atoms with Gasteiger partial charge in [-0.05, 0) is 41.9 Å². The van der Waals surface area contributed by atoms with Gasteiger partial charge in [0, 0.05) is 5.56 Å². The van der Waals surface area contributed by atoms with Crippen LogP contribution in [0.3, 0.4) is 0 Å². The minimum absolute atomic E-state index is 0.153. The van der Waals surface area contributed by atoms with Gasteiger partial charge in [-0.15, -0.1) is 0 Å². The van der Waals surface area contributed by atoms with Gasteiger partial charge in [0.1, 0.15) is 5.82 Å². The highest BCUT2D eigenvalue weighted by molar-refractivity contribution is 9.10. The molecule has 0 radical (unpaired) electrons. The number of hydrogen-bond acceptors (Lipinski definition) is 2. The number of aliphatic carboxylic acids is 1. The minimum Gasteiger partial charge on any atom is -0.481 e. The second kappa shape index (κ2) is 4.93. The Morgan fingerprint density at radius 1 is 1.62 bits per heavy atom. The summed E-state index contributed by atoms with van der Waals surface area (Å²) in [6.07, 6.45) is 0.190. The van der Waals surface area contributed by atoms with Gasteiger partial charge in [-0.1, -0.05) is 12.1 Å². The first-order chi connectivity index (χ1) is 7.43. The number of nitrogens with two attached hydrogens (primary N) is 1. The van der Waals surface area contributed by atoms with Crippen molar-refractivity contribution in [3.63, 3.8) is 0 Å². The van der Waals surface area contributed by atoms with E-state index in [4.69, 9.17) is 5.73 Å². The van der Waals surface area contributed by atoms with Gasteiger partial charge in [0.25, 0.3) is 0 Å². The zero-order valence-electron chi connectivity index (χ0n) is 8.84. The summed E-state index contributed by atoms with van der Waals surface area (Å²) in [6.45, 7) is 1.67. The van der Waals surface area contributed by atoms with Gasteiger partial charge in [-0.25, -0.2) is 4.39 Å². The maximum Gasteiger partial charge on any atom is 0.313 e. The molecule has 3 N–H and O–H groups in total. The average Bonchev–Trinajstić information content (AvgIpc) is 2.22. The van der Waals surface area contributed by atoms with Crippen LogP contribution < -0.4 is 5.73 Å². The molecular weight excluding hydrogens is 277 g/mol. The molecule has 1 rings (SSSR count). The smallest absolute Gasteiger partial charge is 0.313 e. The first-order valence-corrected chi connectivity index (χ1v) is 5.60. The Bertz CT molecular complexity index is 411. The Balaban J connectivity index is 3.32. The van der Waals surface area contributed by atoms with Gasteiger partial charge >= 0.3 is 5.97 Å². The summed E-state index contributed by atoms with van der Waals surface area (Å²) < 4.78 is 14.1. The van der Waals surface area contributed by atoms with Crippen molar-refractivity contribution in [1.82, 2.24) is 0 Å². The molecule has 0 amide bonds. The summed E-state index contributed by atoms with van der Waals surface area (Å²) in [7, 11) is 0. The highest BCUT2D eigenvalue weighted by atomic mass is 79.9. The summed E-state index contributed by atoms with van der Waals surface area (Å²) >= 11 is 3.04. The summed E-state index contributed by atoms with van der Waals surface area (Å²) in [5.74, 6) is -1.61. The highest BCUT2D eigenvalue weighted by Gasteiger charge is 2.37. The zero-order chi connectivity index (χ0) is 12.3. The second-order valence-electron chi connectivity index (χ2n) is 3.78. The van der Waals surface area contributed by atoms with Gasteiger partial charge in [0.15, 0.2) is 0 Å². The third kappa shape index (κ3) is 2.25. The standard InChI is InChI=1S/C11H13BrFNO2/c1-11(5-6-14,10(15)16)7-3-2-4-8(12)9(7)13/h2-4H,5-6,14H2,1H3,(H,15,16). The van der Waals surface area contributed by atoms with Crippen LogP contribution in [0.5, 0.6) is 0 Å². The molecule has 88 valence electrons. The third-order valence-corrected chi connectivity index (χ3v) is 3.27. The molecule has 0 fully saturated rings. The lowest BCUT2D eigenvalue weighted by molar-refractivity contribution is -0.143. The minimum atomic E-state index is -1.29. The van der Waals surface area contributed by atoms with Gasteiger partial charge in [0.05, 0.1) is 9.89 Å². The normalized spacial score (nSPS) is 14.5. The average molecular weight is 290 g/mol. The lowest BCUT2D eigenvalue weighted by Gasteiger charge is -2.25. The fourth-order valence-electron chi connectivity index (χ4n) is 1.58. The van der Waals surface area contributed by atoms with Crippen LogP contribution in [0.15, 0.2) is 22.7 Å². The molecule has 1 unspecified atom stereocenters. The number of carbonyl (C=O) groups is 1. The monoisotopic (exact) mass is 289 g/mol. The van der Waals surface area contributed by atoms with Crippen LogP contribution in [0.25, 0.3) is 0 Å². The number of rotatable bonds is 4. The van der Waals surface area contributed by atoms with E-state index < -0.39 is 17.2 Å². The van der Waals surface area contributed by atoms with E-state index in [0.717, 1.165) is 0 Å². The van der Waals surface area contributed by atoms with E-state index in [1.165, 1.54) is 19.1 Å². The van der Waals surface area contributed by atoms with E-state index in [9.17, 15) is 14.3 Å². The molecule has 0 spiro atoms. The summed E-state index contributed by atoms with van der Waals surface area (Å²) in [4.78, 5) is 11.2. The van der Waals surface area contributed by atoms with E-state index in [-0.39, 0.29) is 23.0 Å². The number of carboxylic acids is 1. The lowest BCUT2D eigenvalue weighted by atomic mass is 9.79. The molecule has 0 bridgehead atoms. The van der Waals surface area contributed by atoms with Crippen molar-refractivity contribution in [3.8, 4) is 0 Å². The Labute approximate surface area is 102 Å². The van der Waals surface area contributed by atoms with E-state index in [0.29, 0.717) is 0 Å². The highest BCUT2D eigenvalue weighted by Crippen LogP contribution is 2.32. The number of halogens is 2. The number of hydrogen-bond donors (Lipinski definition) is 2. The van der Waals surface area contributed by atoms with Crippen LogP contribution in [0.2, 0.25) is 0 Å². The molecule has 1 atom stereocenters. The van der Waals surface area contributed by atoms with Crippen molar-refractivity contribution in [1.29, 1.82) is 0 Å². The van der Waals surface area contributed by atoms with Crippen LogP contribution in [0, 0.1) is 5.82 Å². The molecule has 0 heterocycles. The van der Waals surface area contributed by atoms with Crippen molar-refractivity contribution in [2.24, 2.45) is 5.73 Å². The van der Waals surface area contributed by atoms with Crippen LogP contribution in [0.4, 0.5) is 4.39 Å². The number of benzene rings is 1. The molecule has 0 saturated heterocycles. The molecular formula is C11H13BrFNO2. The molecule has 0 aliphatic heterocycles. The predicted octanol–water partition coefficient (Wildman–Crippen LogP) is 2.28. The summed E-state index contributed by atoms with van der Waals surface area (Å²) in [6, 6.07) is 4.62. The zero-order valence-corrected chi connectivity index (χ0v) is 10.4. The molecule has 0 aliphatic rings. The van der Waals surface area contributed by atoms with E-state index in [2.05, 4.69) is 15.9 Å². The Morgan fingerprint density at radius 2 is 2.25 bits per heavy atom. The van der Waals surface area contributed by atoms with E-state index in [1.54, 1.807) is 6.07 Å². The van der Waals surface area contributed by atoms with Crippen molar-refractivity contribution in [2.75, 3.05) is 6.54 Å². The van der Waals surface area contributed by atoms with Crippen LogP contribution in [0.1, 0.15) is 18.9 Å². The summed E-state index contributed by atoms with van der Waals surface area (Å²) in [5.41, 5.74) is 4.24. The lowest BCUT2D eigenvalue weighted by Crippen LogP contribution is -2.35. The fourth-order valence-corrected chi connectivity index (χ4v) is 1.94. The van der Waals surface area contributed by atoms with Crippen molar-refractivity contribution in [2.45, 2.75) is 18.8 Å². The molecule has 1 aromatic rings. The SMILES string of the molecule is CC(CCN)(C(=O)O)c1cccc(Br)c1F. The first-order valence-electron chi connectivity index (χ1n) is 4.81. The largest absolute Gasteiger partial charge is 0.481 e. The Hall–Kier alpha value is -0.940. The molecule has 0 saturated carbocycles. The Kier molecular flexibility index (Phi) is 4.04. The molecule has 16 heavy (non-hydrogen) atoms. The number of carboxylic acid groups (broad SMARTS) is 1. The molecule has 5 heteroatoms. The molecule has 1 aromatic carbocycles. The molecule has 3 nitrogen and oxygen atoms in total. The molecule has 0 aliphatic carbocycles. The predicted molar refractivity (Wildman–Crippen MR) is 62.8 cm³/mol. The molecule has 0 aromatic heterocycles.